The van der Waals surface area contributed by atoms with Crippen LogP contribution in [0.4, 0.5) is 0 Å². The van der Waals surface area contributed by atoms with Crippen molar-refractivity contribution >= 4 is 0 Å². The average molecular weight is 296 g/mol. The molecule has 0 unspecified atom stereocenters. The Morgan fingerprint density at radius 3 is 1.45 bits per heavy atom. The van der Waals surface area contributed by atoms with Gasteiger partial charge in [-0.25, -0.2) is 0 Å². The molecule has 0 fully saturated rings. The molecular weight excluding hydrogens is 268 g/mol. The number of hydrogen-bond donors (Lipinski definition) is 1. The molecule has 0 rings (SSSR count). The Hall–Kier alpha value is -0.280. The smallest absolute Gasteiger partial charge is 0.355 e. The van der Waals surface area contributed by atoms with Gasteiger partial charge in [0.15, 0.2) is 6.79 Å². The Morgan fingerprint density at radius 2 is 1.10 bits per heavy atom. The quantitative estimate of drug-likeness (QED) is 0.407. The van der Waals surface area contributed by atoms with Gasteiger partial charge < -0.3 is 28.8 Å². The molecule has 0 atom stereocenters. The van der Waals surface area contributed by atoms with Crippen molar-refractivity contribution < 1.29 is 33.5 Å². The van der Waals surface area contributed by atoms with Crippen molar-refractivity contribution in [3.8, 4) is 0 Å². The highest BCUT2D eigenvalue weighted by Gasteiger charge is 2.58. The molecule has 0 saturated carbocycles. The lowest BCUT2D eigenvalue weighted by Gasteiger charge is -2.42. The summed E-state index contributed by atoms with van der Waals surface area (Å²) in [7, 11) is 0. The summed E-state index contributed by atoms with van der Waals surface area (Å²) in [6.07, 6.45) is 0. The molecule has 0 aromatic rings. The second-order valence-corrected chi connectivity index (χ2v) is 3.63. The van der Waals surface area contributed by atoms with Gasteiger partial charge >= 0.3 is 11.9 Å². The van der Waals surface area contributed by atoms with Gasteiger partial charge in [0.2, 0.25) is 0 Å². The zero-order chi connectivity index (χ0) is 15.5. The molecule has 0 aromatic heterocycles. The van der Waals surface area contributed by atoms with Crippen LogP contribution in [0.5, 0.6) is 0 Å². The topological polar surface area (TPSA) is 75.6 Å². The number of hydrogen-bond acceptors (Lipinski definition) is 7. The Labute approximate surface area is 121 Å². The second-order valence-electron chi connectivity index (χ2n) is 3.63. The van der Waals surface area contributed by atoms with Crippen LogP contribution in [-0.4, -0.2) is 56.9 Å². The van der Waals surface area contributed by atoms with E-state index in [1.807, 2.05) is 6.92 Å². The third kappa shape index (κ3) is 5.25. The highest BCUT2D eigenvalue weighted by Crippen LogP contribution is 2.32. The summed E-state index contributed by atoms with van der Waals surface area (Å²) in [6.45, 7) is 9.92. The third-order valence-corrected chi connectivity index (χ3v) is 2.27. The van der Waals surface area contributed by atoms with Crippen LogP contribution in [-0.2, 0) is 28.4 Å². The lowest BCUT2D eigenvalue weighted by atomic mass is 10.4. The van der Waals surface area contributed by atoms with E-state index in [1.165, 1.54) is 0 Å². The number of ether oxygens (including phenoxy) is 6. The SMILES string of the molecule is CCOCOC(OCC)(OCC)C(O)(OCC)OCC. The van der Waals surface area contributed by atoms with Crippen molar-refractivity contribution in [3.05, 3.63) is 0 Å². The second kappa shape index (κ2) is 10.4. The molecule has 0 saturated heterocycles. The summed E-state index contributed by atoms with van der Waals surface area (Å²) >= 11 is 0. The maximum absolute atomic E-state index is 10.6. The molecule has 7 heteroatoms. The molecule has 20 heavy (non-hydrogen) atoms. The predicted octanol–water partition coefficient (Wildman–Crippen LogP) is 1.44. The molecule has 0 amide bonds. The number of rotatable bonds is 13. The van der Waals surface area contributed by atoms with Crippen LogP contribution < -0.4 is 0 Å². The van der Waals surface area contributed by atoms with Crippen LogP contribution in [0, 0.1) is 0 Å². The maximum atomic E-state index is 10.6. The first-order chi connectivity index (χ1) is 9.55. The van der Waals surface area contributed by atoms with E-state index in [0.29, 0.717) is 6.61 Å². The fourth-order valence-electron chi connectivity index (χ4n) is 1.59. The maximum Gasteiger partial charge on any atom is 0.372 e. The number of aliphatic hydroxyl groups is 1. The van der Waals surface area contributed by atoms with Crippen LogP contribution in [0.15, 0.2) is 0 Å². The van der Waals surface area contributed by atoms with Crippen LogP contribution in [0.25, 0.3) is 0 Å². The molecule has 7 nitrogen and oxygen atoms in total. The Balaban J connectivity index is 5.25. The van der Waals surface area contributed by atoms with Gasteiger partial charge in [-0.3, -0.25) is 4.74 Å². The van der Waals surface area contributed by atoms with Gasteiger partial charge in [0.25, 0.3) is 0 Å². The van der Waals surface area contributed by atoms with Gasteiger partial charge in [-0.15, -0.1) is 0 Å². The molecule has 1 N–H and O–H groups in total. The first-order valence-corrected chi connectivity index (χ1v) is 7.05. The molecule has 0 radical (unpaired) electrons. The van der Waals surface area contributed by atoms with Crippen molar-refractivity contribution in [1.82, 2.24) is 0 Å². The minimum Gasteiger partial charge on any atom is -0.355 e. The third-order valence-electron chi connectivity index (χ3n) is 2.27. The summed E-state index contributed by atoms with van der Waals surface area (Å²) in [4.78, 5) is 0. The van der Waals surface area contributed by atoms with Gasteiger partial charge in [0, 0.05) is 33.0 Å². The Kier molecular flexibility index (Phi) is 10.3. The summed E-state index contributed by atoms with van der Waals surface area (Å²) in [5.74, 6) is -4.09. The first-order valence-electron chi connectivity index (χ1n) is 7.05. The zero-order valence-corrected chi connectivity index (χ0v) is 13.1. The van der Waals surface area contributed by atoms with E-state index in [-0.39, 0.29) is 33.2 Å². The van der Waals surface area contributed by atoms with Crippen molar-refractivity contribution in [2.45, 2.75) is 46.6 Å². The molecule has 0 spiro atoms. The van der Waals surface area contributed by atoms with Crippen LogP contribution in [0.2, 0.25) is 0 Å². The van der Waals surface area contributed by atoms with Crippen LogP contribution in [0.1, 0.15) is 34.6 Å². The molecule has 0 aliphatic carbocycles. The van der Waals surface area contributed by atoms with E-state index in [2.05, 4.69) is 0 Å². The Morgan fingerprint density at radius 1 is 0.650 bits per heavy atom. The van der Waals surface area contributed by atoms with Crippen molar-refractivity contribution in [2.24, 2.45) is 0 Å². The fraction of sp³-hybridized carbons (Fsp3) is 1.00. The predicted molar refractivity (Wildman–Crippen MR) is 71.8 cm³/mol. The largest absolute Gasteiger partial charge is 0.372 e. The highest BCUT2D eigenvalue weighted by atomic mass is 17.0. The molecule has 0 aliphatic rings. The van der Waals surface area contributed by atoms with E-state index in [4.69, 9.17) is 28.4 Å². The molecule has 0 aliphatic heterocycles. The molecule has 122 valence electrons. The standard InChI is InChI=1S/C13H28O7/c1-6-15-11-20-13(18-9-4,19-10-5)12(14,16-7-2)17-8-3/h14H,6-11H2,1-5H3. The average Bonchev–Trinajstić information content (AvgIpc) is 2.40. The van der Waals surface area contributed by atoms with Gasteiger partial charge in [0.05, 0.1) is 0 Å². The van der Waals surface area contributed by atoms with Gasteiger partial charge in [-0.05, 0) is 34.6 Å². The van der Waals surface area contributed by atoms with E-state index in [9.17, 15) is 5.11 Å². The van der Waals surface area contributed by atoms with Crippen LogP contribution >= 0.6 is 0 Å². The van der Waals surface area contributed by atoms with Crippen LogP contribution in [0.3, 0.4) is 0 Å². The van der Waals surface area contributed by atoms with Gasteiger partial charge in [-0.2, -0.15) is 0 Å². The zero-order valence-electron chi connectivity index (χ0n) is 13.1. The molecular formula is C13H28O7. The highest BCUT2D eigenvalue weighted by molar-refractivity contribution is 4.71. The summed E-state index contributed by atoms with van der Waals surface area (Å²) in [5.41, 5.74) is 0. The first kappa shape index (κ1) is 19.7. The van der Waals surface area contributed by atoms with Crippen molar-refractivity contribution in [3.63, 3.8) is 0 Å². The van der Waals surface area contributed by atoms with Gasteiger partial charge in [-0.1, -0.05) is 0 Å². The van der Waals surface area contributed by atoms with Crippen molar-refractivity contribution in [1.29, 1.82) is 0 Å². The van der Waals surface area contributed by atoms with Gasteiger partial charge in [0.1, 0.15) is 0 Å². The minimum absolute atomic E-state index is 0.126. The van der Waals surface area contributed by atoms with E-state index in [1.54, 1.807) is 27.7 Å². The fourth-order valence-corrected chi connectivity index (χ4v) is 1.59. The Bertz CT molecular complexity index is 223. The molecule has 0 aromatic carbocycles. The summed E-state index contributed by atoms with van der Waals surface area (Å²) in [6, 6.07) is 0. The van der Waals surface area contributed by atoms with E-state index >= 15 is 0 Å². The van der Waals surface area contributed by atoms with E-state index < -0.39 is 11.9 Å². The monoisotopic (exact) mass is 296 g/mol. The lowest BCUT2D eigenvalue weighted by molar-refractivity contribution is -0.558. The summed E-state index contributed by atoms with van der Waals surface area (Å²) < 4.78 is 32.1. The normalized spacial score (nSPS) is 12.9. The minimum atomic E-state index is -2.18. The van der Waals surface area contributed by atoms with Crippen molar-refractivity contribution in [2.75, 3.05) is 39.8 Å². The molecule has 0 bridgehead atoms. The summed E-state index contributed by atoms with van der Waals surface area (Å²) in [5, 5.41) is 10.6. The van der Waals surface area contributed by atoms with E-state index in [0.717, 1.165) is 0 Å². The lowest BCUT2D eigenvalue weighted by Crippen LogP contribution is -2.63. The molecule has 0 heterocycles.